The first-order chi connectivity index (χ1) is 9.25. The van der Waals surface area contributed by atoms with E-state index >= 15 is 0 Å². The number of aryl methyl sites for hydroxylation is 1. The van der Waals surface area contributed by atoms with Gasteiger partial charge in [0.25, 0.3) is 0 Å². The van der Waals surface area contributed by atoms with Gasteiger partial charge in [0, 0.05) is 29.7 Å². The zero-order chi connectivity index (χ0) is 13.2. The van der Waals surface area contributed by atoms with Crippen LogP contribution in [0.3, 0.4) is 0 Å². The topological polar surface area (TPSA) is 29.0 Å². The maximum Gasteiger partial charge on any atom is 0.135 e. The Morgan fingerprint density at radius 1 is 1.21 bits per heavy atom. The third-order valence-electron chi connectivity index (χ3n) is 4.59. The zero-order valence-electron chi connectivity index (χ0n) is 11.6. The van der Waals surface area contributed by atoms with Gasteiger partial charge in [-0.2, -0.15) is 0 Å². The van der Waals surface area contributed by atoms with Gasteiger partial charge in [-0.25, -0.2) is 9.97 Å². The Balaban J connectivity index is 1.77. The minimum absolute atomic E-state index is 0.293. The SMILES string of the molecule is CC(Cl)C1CCN(c2ncnc3c2CCCC3)CC1. The number of hydrogen-bond acceptors (Lipinski definition) is 3. The smallest absolute Gasteiger partial charge is 0.135 e. The van der Waals surface area contributed by atoms with Gasteiger partial charge >= 0.3 is 0 Å². The van der Waals surface area contributed by atoms with Gasteiger partial charge in [0.15, 0.2) is 0 Å². The molecule has 0 spiro atoms. The summed E-state index contributed by atoms with van der Waals surface area (Å²) >= 11 is 6.22. The highest BCUT2D eigenvalue weighted by Gasteiger charge is 2.26. The first-order valence-electron chi connectivity index (χ1n) is 7.47. The molecule has 1 saturated heterocycles. The molecule has 3 rings (SSSR count). The molecule has 4 heteroatoms. The van der Waals surface area contributed by atoms with Crippen molar-refractivity contribution in [1.82, 2.24) is 9.97 Å². The molecular formula is C15H22ClN3. The number of rotatable bonds is 2. The fourth-order valence-corrected chi connectivity index (χ4v) is 3.60. The summed E-state index contributed by atoms with van der Waals surface area (Å²) in [6.07, 6.45) is 8.94. The number of halogens is 1. The third-order valence-corrected chi connectivity index (χ3v) is 4.95. The lowest BCUT2D eigenvalue weighted by Gasteiger charge is -2.35. The standard InChI is InChI=1S/C15H22ClN3/c1-11(16)12-6-8-19(9-7-12)15-13-4-2-3-5-14(13)17-10-18-15/h10-12H,2-9H2,1H3. The monoisotopic (exact) mass is 279 g/mol. The van der Waals surface area contributed by atoms with Gasteiger partial charge < -0.3 is 4.90 Å². The zero-order valence-corrected chi connectivity index (χ0v) is 12.4. The van der Waals surface area contributed by atoms with Crippen LogP contribution in [0.2, 0.25) is 0 Å². The van der Waals surface area contributed by atoms with Crippen LogP contribution < -0.4 is 4.90 Å². The second-order valence-electron chi connectivity index (χ2n) is 5.83. The summed E-state index contributed by atoms with van der Waals surface area (Å²) < 4.78 is 0. The fourth-order valence-electron chi connectivity index (χ4n) is 3.35. The molecule has 1 unspecified atom stereocenters. The number of nitrogens with zero attached hydrogens (tertiary/aromatic N) is 3. The summed E-state index contributed by atoms with van der Waals surface area (Å²) in [5.74, 6) is 1.86. The van der Waals surface area contributed by atoms with Crippen molar-refractivity contribution in [2.45, 2.75) is 50.8 Å². The summed E-state index contributed by atoms with van der Waals surface area (Å²) in [6.45, 7) is 4.30. The molecule has 3 nitrogen and oxygen atoms in total. The van der Waals surface area contributed by atoms with Gasteiger partial charge in [0.05, 0.1) is 0 Å². The number of anilines is 1. The molecule has 0 amide bonds. The second-order valence-corrected chi connectivity index (χ2v) is 6.52. The maximum absolute atomic E-state index is 6.22. The van der Waals surface area contributed by atoms with Crippen LogP contribution in [0.25, 0.3) is 0 Å². The molecule has 104 valence electrons. The van der Waals surface area contributed by atoms with Gasteiger partial charge in [0.2, 0.25) is 0 Å². The van der Waals surface area contributed by atoms with Crippen molar-refractivity contribution < 1.29 is 0 Å². The molecule has 1 aromatic rings. The van der Waals surface area contributed by atoms with E-state index in [1.165, 1.54) is 42.8 Å². The van der Waals surface area contributed by atoms with Gasteiger partial charge in [-0.15, -0.1) is 11.6 Å². The van der Waals surface area contributed by atoms with Crippen molar-refractivity contribution in [2.75, 3.05) is 18.0 Å². The fraction of sp³-hybridized carbons (Fsp3) is 0.733. The van der Waals surface area contributed by atoms with E-state index in [0.29, 0.717) is 11.3 Å². The molecule has 1 atom stereocenters. The van der Waals surface area contributed by atoms with Gasteiger partial charge in [0.1, 0.15) is 12.1 Å². The Bertz CT molecular complexity index is 439. The Labute approximate surface area is 120 Å². The van der Waals surface area contributed by atoms with Gasteiger partial charge in [-0.05, 0) is 51.4 Å². The van der Waals surface area contributed by atoms with Gasteiger partial charge in [-0.1, -0.05) is 0 Å². The van der Waals surface area contributed by atoms with Crippen LogP contribution in [-0.4, -0.2) is 28.4 Å². The lowest BCUT2D eigenvalue weighted by atomic mass is 9.92. The molecule has 1 aromatic heterocycles. The van der Waals surface area contributed by atoms with Crippen molar-refractivity contribution in [3.63, 3.8) is 0 Å². The van der Waals surface area contributed by atoms with Gasteiger partial charge in [-0.3, -0.25) is 0 Å². The van der Waals surface area contributed by atoms with E-state index in [1.807, 2.05) is 0 Å². The Morgan fingerprint density at radius 3 is 2.68 bits per heavy atom. The number of alkyl halides is 1. The molecule has 19 heavy (non-hydrogen) atoms. The highest BCUT2D eigenvalue weighted by Crippen LogP contribution is 2.31. The average Bonchev–Trinajstić information content (AvgIpc) is 2.47. The first kappa shape index (κ1) is 13.2. The molecular weight excluding hydrogens is 258 g/mol. The number of piperidine rings is 1. The van der Waals surface area contributed by atoms with E-state index in [4.69, 9.17) is 11.6 Å². The predicted octanol–water partition coefficient (Wildman–Crippen LogP) is 3.20. The normalized spacial score (nSPS) is 22.1. The van der Waals surface area contributed by atoms with Crippen LogP contribution >= 0.6 is 11.6 Å². The van der Waals surface area contributed by atoms with Crippen LogP contribution in [0.1, 0.15) is 43.9 Å². The van der Waals surface area contributed by atoms with Crippen LogP contribution in [0.5, 0.6) is 0 Å². The molecule has 0 aromatic carbocycles. The molecule has 0 saturated carbocycles. The highest BCUT2D eigenvalue weighted by atomic mass is 35.5. The minimum atomic E-state index is 0.293. The molecule has 0 radical (unpaired) electrons. The van der Waals surface area contributed by atoms with Crippen molar-refractivity contribution in [3.05, 3.63) is 17.6 Å². The highest BCUT2D eigenvalue weighted by molar-refractivity contribution is 6.20. The van der Waals surface area contributed by atoms with Crippen molar-refractivity contribution >= 4 is 17.4 Å². The van der Waals surface area contributed by atoms with E-state index in [-0.39, 0.29) is 0 Å². The van der Waals surface area contributed by atoms with E-state index in [9.17, 15) is 0 Å². The molecule has 1 fully saturated rings. The van der Waals surface area contributed by atoms with Crippen LogP contribution in [0.15, 0.2) is 6.33 Å². The van der Waals surface area contributed by atoms with Crippen molar-refractivity contribution in [1.29, 1.82) is 0 Å². The maximum atomic E-state index is 6.22. The molecule has 1 aliphatic heterocycles. The number of hydrogen-bond donors (Lipinski definition) is 0. The lowest BCUT2D eigenvalue weighted by molar-refractivity contribution is 0.398. The lowest BCUT2D eigenvalue weighted by Crippen LogP contribution is -2.37. The second kappa shape index (κ2) is 5.66. The summed E-state index contributed by atoms with van der Waals surface area (Å²) in [4.78, 5) is 11.5. The van der Waals surface area contributed by atoms with Crippen LogP contribution in [0.4, 0.5) is 5.82 Å². The summed E-state index contributed by atoms with van der Waals surface area (Å²) in [5, 5.41) is 0.293. The largest absolute Gasteiger partial charge is 0.356 e. The summed E-state index contributed by atoms with van der Waals surface area (Å²) in [6, 6.07) is 0. The minimum Gasteiger partial charge on any atom is -0.356 e. The summed E-state index contributed by atoms with van der Waals surface area (Å²) in [7, 11) is 0. The predicted molar refractivity (Wildman–Crippen MR) is 78.9 cm³/mol. The van der Waals surface area contributed by atoms with Crippen molar-refractivity contribution in [2.24, 2.45) is 5.92 Å². The molecule has 2 aliphatic rings. The van der Waals surface area contributed by atoms with E-state index < -0.39 is 0 Å². The van der Waals surface area contributed by atoms with Crippen LogP contribution in [-0.2, 0) is 12.8 Å². The van der Waals surface area contributed by atoms with E-state index in [1.54, 1.807) is 6.33 Å². The molecule has 1 aliphatic carbocycles. The third kappa shape index (κ3) is 2.71. The van der Waals surface area contributed by atoms with Crippen molar-refractivity contribution in [3.8, 4) is 0 Å². The van der Waals surface area contributed by atoms with E-state index in [0.717, 1.165) is 25.9 Å². The molecule has 0 bridgehead atoms. The Morgan fingerprint density at radius 2 is 1.95 bits per heavy atom. The Hall–Kier alpha value is -0.830. The first-order valence-corrected chi connectivity index (χ1v) is 7.91. The molecule has 2 heterocycles. The number of aromatic nitrogens is 2. The average molecular weight is 280 g/mol. The number of fused-ring (bicyclic) bond motifs is 1. The summed E-state index contributed by atoms with van der Waals surface area (Å²) in [5.41, 5.74) is 2.69. The molecule has 0 N–H and O–H groups in total. The quantitative estimate of drug-likeness (QED) is 0.779. The Kier molecular flexibility index (Phi) is 3.92. The van der Waals surface area contributed by atoms with E-state index in [2.05, 4.69) is 21.8 Å². The van der Waals surface area contributed by atoms with Crippen LogP contribution in [0, 0.1) is 5.92 Å².